The predicted molar refractivity (Wildman–Crippen MR) is 83.7 cm³/mol. The van der Waals surface area contributed by atoms with Crippen LogP contribution in [0.4, 0.5) is 0 Å². The van der Waals surface area contributed by atoms with Gasteiger partial charge in [0.15, 0.2) is 0 Å². The van der Waals surface area contributed by atoms with Crippen LogP contribution in [-0.2, 0) is 13.6 Å². The minimum atomic E-state index is 0.106. The molecule has 0 radical (unpaired) electrons. The average molecular weight is 301 g/mol. The SMILES string of the molecule is Cc1cnn(CC2CCCN2C(=O)c2c(C)nn(C)c2C)c1. The lowest BCUT2D eigenvalue weighted by Crippen LogP contribution is -2.38. The first-order valence-corrected chi connectivity index (χ1v) is 7.77. The number of aromatic nitrogens is 4. The summed E-state index contributed by atoms with van der Waals surface area (Å²) in [5.41, 5.74) is 3.65. The molecule has 2 aromatic heterocycles. The third kappa shape index (κ3) is 2.53. The fourth-order valence-corrected chi connectivity index (χ4v) is 3.30. The van der Waals surface area contributed by atoms with Crippen LogP contribution in [0.1, 0.15) is 40.2 Å². The van der Waals surface area contributed by atoms with E-state index in [1.807, 2.05) is 49.8 Å². The highest BCUT2D eigenvalue weighted by molar-refractivity contribution is 5.96. The van der Waals surface area contributed by atoms with Gasteiger partial charge in [0.25, 0.3) is 5.91 Å². The van der Waals surface area contributed by atoms with E-state index in [4.69, 9.17) is 0 Å². The van der Waals surface area contributed by atoms with Gasteiger partial charge in [0.1, 0.15) is 0 Å². The van der Waals surface area contributed by atoms with Gasteiger partial charge < -0.3 is 4.90 Å². The van der Waals surface area contributed by atoms with E-state index >= 15 is 0 Å². The zero-order chi connectivity index (χ0) is 15.9. The highest BCUT2D eigenvalue weighted by atomic mass is 16.2. The molecule has 0 spiro atoms. The Kier molecular flexibility index (Phi) is 3.76. The summed E-state index contributed by atoms with van der Waals surface area (Å²) in [6.07, 6.45) is 5.97. The maximum Gasteiger partial charge on any atom is 0.257 e. The Morgan fingerprint density at radius 1 is 1.36 bits per heavy atom. The van der Waals surface area contributed by atoms with Crippen molar-refractivity contribution in [3.8, 4) is 0 Å². The van der Waals surface area contributed by atoms with Gasteiger partial charge in [-0.05, 0) is 39.2 Å². The number of rotatable bonds is 3. The number of hydrogen-bond acceptors (Lipinski definition) is 3. The van der Waals surface area contributed by atoms with Crippen molar-refractivity contribution in [2.75, 3.05) is 6.54 Å². The summed E-state index contributed by atoms with van der Waals surface area (Å²) in [4.78, 5) is 14.9. The molecule has 0 aromatic carbocycles. The van der Waals surface area contributed by atoms with E-state index in [9.17, 15) is 4.79 Å². The van der Waals surface area contributed by atoms with E-state index in [0.29, 0.717) is 0 Å². The van der Waals surface area contributed by atoms with E-state index in [0.717, 1.165) is 48.4 Å². The van der Waals surface area contributed by atoms with Gasteiger partial charge in [0.05, 0.1) is 30.0 Å². The summed E-state index contributed by atoms with van der Waals surface area (Å²) in [6.45, 7) is 7.47. The number of aryl methyl sites for hydroxylation is 3. The molecular weight excluding hydrogens is 278 g/mol. The average Bonchev–Trinajstić information content (AvgIpc) is 3.13. The zero-order valence-electron chi connectivity index (χ0n) is 13.7. The second kappa shape index (κ2) is 5.59. The van der Waals surface area contributed by atoms with Gasteiger partial charge >= 0.3 is 0 Å². The van der Waals surface area contributed by atoms with E-state index in [1.54, 1.807) is 4.68 Å². The van der Waals surface area contributed by atoms with Crippen molar-refractivity contribution in [1.82, 2.24) is 24.5 Å². The van der Waals surface area contributed by atoms with E-state index in [-0.39, 0.29) is 11.9 Å². The van der Waals surface area contributed by atoms with Crippen molar-refractivity contribution in [1.29, 1.82) is 0 Å². The molecule has 0 aliphatic carbocycles. The Labute approximate surface area is 130 Å². The maximum absolute atomic E-state index is 13.0. The molecule has 6 heteroatoms. The molecule has 0 N–H and O–H groups in total. The van der Waals surface area contributed by atoms with Gasteiger partial charge in [0.2, 0.25) is 0 Å². The van der Waals surface area contributed by atoms with Gasteiger partial charge in [-0.3, -0.25) is 14.2 Å². The maximum atomic E-state index is 13.0. The summed E-state index contributed by atoms with van der Waals surface area (Å²) < 4.78 is 3.72. The lowest BCUT2D eigenvalue weighted by Gasteiger charge is -2.25. The smallest absolute Gasteiger partial charge is 0.257 e. The van der Waals surface area contributed by atoms with Crippen molar-refractivity contribution in [2.24, 2.45) is 7.05 Å². The summed E-state index contributed by atoms with van der Waals surface area (Å²) in [6, 6.07) is 0.214. The first kappa shape index (κ1) is 14.8. The number of likely N-dealkylation sites (tertiary alicyclic amines) is 1. The van der Waals surface area contributed by atoms with Crippen LogP contribution in [0.3, 0.4) is 0 Å². The van der Waals surface area contributed by atoms with Gasteiger partial charge in [-0.2, -0.15) is 10.2 Å². The van der Waals surface area contributed by atoms with E-state index in [2.05, 4.69) is 10.2 Å². The summed E-state index contributed by atoms with van der Waals surface area (Å²) in [7, 11) is 1.88. The topological polar surface area (TPSA) is 56.0 Å². The van der Waals surface area contributed by atoms with Crippen molar-refractivity contribution in [3.63, 3.8) is 0 Å². The molecule has 1 aliphatic heterocycles. The molecule has 1 fully saturated rings. The molecular formula is C16H23N5O. The monoisotopic (exact) mass is 301 g/mol. The van der Waals surface area contributed by atoms with Crippen molar-refractivity contribution < 1.29 is 4.79 Å². The van der Waals surface area contributed by atoms with Crippen LogP contribution in [0.5, 0.6) is 0 Å². The Bertz CT molecular complexity index is 699. The lowest BCUT2D eigenvalue weighted by molar-refractivity contribution is 0.0720. The fraction of sp³-hybridized carbons (Fsp3) is 0.562. The third-order valence-electron chi connectivity index (χ3n) is 4.52. The molecule has 1 atom stereocenters. The largest absolute Gasteiger partial charge is 0.334 e. The minimum Gasteiger partial charge on any atom is -0.334 e. The van der Waals surface area contributed by atoms with Gasteiger partial charge in [0, 0.05) is 25.5 Å². The standard InChI is InChI=1S/C16H23N5O/c1-11-8-17-20(9-11)10-14-6-5-7-21(14)16(22)15-12(2)18-19(4)13(15)3/h8-9,14H,5-7,10H2,1-4H3. The van der Waals surface area contributed by atoms with E-state index in [1.165, 1.54) is 0 Å². The number of carbonyl (C=O) groups is 1. The summed E-state index contributed by atoms with van der Waals surface area (Å²) in [5.74, 6) is 0.106. The van der Waals surface area contributed by atoms with Crippen molar-refractivity contribution >= 4 is 5.91 Å². The zero-order valence-corrected chi connectivity index (χ0v) is 13.7. The Morgan fingerprint density at radius 2 is 2.14 bits per heavy atom. The second-order valence-corrected chi connectivity index (χ2v) is 6.20. The first-order chi connectivity index (χ1) is 10.5. The molecule has 0 bridgehead atoms. The number of carbonyl (C=O) groups excluding carboxylic acids is 1. The summed E-state index contributed by atoms with van der Waals surface area (Å²) in [5, 5.41) is 8.71. The van der Waals surface area contributed by atoms with Crippen LogP contribution in [0, 0.1) is 20.8 Å². The molecule has 118 valence electrons. The Balaban J connectivity index is 1.82. The fourth-order valence-electron chi connectivity index (χ4n) is 3.30. The first-order valence-electron chi connectivity index (χ1n) is 7.77. The molecule has 0 saturated carbocycles. The second-order valence-electron chi connectivity index (χ2n) is 6.20. The van der Waals surface area contributed by atoms with Crippen LogP contribution in [0.2, 0.25) is 0 Å². The highest BCUT2D eigenvalue weighted by Gasteiger charge is 2.32. The minimum absolute atomic E-state index is 0.106. The molecule has 1 amide bonds. The number of amides is 1. The molecule has 1 saturated heterocycles. The van der Waals surface area contributed by atoms with Gasteiger partial charge in [-0.1, -0.05) is 0 Å². The van der Waals surface area contributed by atoms with Crippen LogP contribution in [0.15, 0.2) is 12.4 Å². The van der Waals surface area contributed by atoms with Crippen molar-refractivity contribution in [2.45, 2.75) is 46.2 Å². The van der Waals surface area contributed by atoms with Crippen LogP contribution in [-0.4, -0.2) is 43.0 Å². The van der Waals surface area contributed by atoms with Gasteiger partial charge in [-0.25, -0.2) is 0 Å². The predicted octanol–water partition coefficient (Wildman–Crippen LogP) is 1.85. The molecule has 3 rings (SSSR count). The molecule has 2 aromatic rings. The number of nitrogens with zero attached hydrogens (tertiary/aromatic N) is 5. The quantitative estimate of drug-likeness (QED) is 0.869. The van der Waals surface area contributed by atoms with Gasteiger partial charge in [-0.15, -0.1) is 0 Å². The summed E-state index contributed by atoms with van der Waals surface area (Å²) >= 11 is 0. The lowest BCUT2D eigenvalue weighted by atomic mass is 10.1. The molecule has 1 aliphatic rings. The van der Waals surface area contributed by atoms with Crippen LogP contribution >= 0.6 is 0 Å². The molecule has 6 nitrogen and oxygen atoms in total. The van der Waals surface area contributed by atoms with Crippen LogP contribution in [0.25, 0.3) is 0 Å². The van der Waals surface area contributed by atoms with Crippen molar-refractivity contribution in [3.05, 3.63) is 34.9 Å². The Morgan fingerprint density at radius 3 is 2.73 bits per heavy atom. The van der Waals surface area contributed by atoms with E-state index < -0.39 is 0 Å². The highest BCUT2D eigenvalue weighted by Crippen LogP contribution is 2.24. The molecule has 1 unspecified atom stereocenters. The normalized spacial score (nSPS) is 18.2. The molecule has 3 heterocycles. The van der Waals surface area contributed by atoms with Crippen LogP contribution < -0.4 is 0 Å². The molecule has 22 heavy (non-hydrogen) atoms. The third-order valence-corrected chi connectivity index (χ3v) is 4.52. The number of hydrogen-bond donors (Lipinski definition) is 0. The Hall–Kier alpha value is -2.11.